The number of anilines is 1. The number of nitrogens with one attached hydrogen (secondary N) is 1. The van der Waals surface area contributed by atoms with Crippen LogP contribution < -0.4 is 20.6 Å². The molecule has 4 rings (SSSR count). The molecule has 0 aliphatic heterocycles. The summed E-state index contributed by atoms with van der Waals surface area (Å²) in [5, 5.41) is 18.6. The van der Waals surface area contributed by atoms with Crippen molar-refractivity contribution in [2.45, 2.75) is 12.6 Å². The molecule has 0 aliphatic carbocycles. The van der Waals surface area contributed by atoms with Gasteiger partial charge in [0.25, 0.3) is 5.91 Å². The maximum Gasteiger partial charge on any atom is 0.276 e. The lowest BCUT2D eigenvalue weighted by Gasteiger charge is -2.12. The number of para-hydroxylation sites is 1. The van der Waals surface area contributed by atoms with Gasteiger partial charge in [0.1, 0.15) is 17.1 Å². The van der Waals surface area contributed by atoms with Crippen molar-refractivity contribution >= 4 is 17.9 Å². The zero-order valence-corrected chi connectivity index (χ0v) is 19.0. The van der Waals surface area contributed by atoms with Gasteiger partial charge in [0, 0.05) is 0 Å². The largest absolute Gasteiger partial charge is 0.493 e. The van der Waals surface area contributed by atoms with Crippen molar-refractivity contribution in [2.24, 2.45) is 5.10 Å². The Morgan fingerprint density at radius 2 is 1.83 bits per heavy atom. The Labute approximate surface area is 202 Å². The molecule has 35 heavy (non-hydrogen) atoms. The maximum absolute atomic E-state index is 12.6. The number of aliphatic hydroxyl groups excluding tert-OH is 1. The second kappa shape index (κ2) is 11.0. The van der Waals surface area contributed by atoms with Crippen LogP contribution in [0, 0.1) is 0 Å². The van der Waals surface area contributed by atoms with Crippen LogP contribution in [0.4, 0.5) is 5.82 Å². The first-order chi connectivity index (χ1) is 17.0. The number of aliphatic hydroxyl groups is 1. The van der Waals surface area contributed by atoms with Crippen LogP contribution >= 0.6 is 0 Å². The Morgan fingerprint density at radius 1 is 1.11 bits per heavy atom. The third-order valence-electron chi connectivity index (χ3n) is 5.19. The van der Waals surface area contributed by atoms with Crippen molar-refractivity contribution in [2.75, 3.05) is 12.8 Å². The van der Waals surface area contributed by atoms with E-state index in [4.69, 9.17) is 15.2 Å². The number of hydrazone groups is 1. The minimum atomic E-state index is -0.810. The summed E-state index contributed by atoms with van der Waals surface area (Å²) < 4.78 is 12.6. The monoisotopic (exact) mass is 471 g/mol. The molecule has 0 radical (unpaired) electrons. The van der Waals surface area contributed by atoms with Crippen molar-refractivity contribution in [1.82, 2.24) is 15.2 Å². The van der Waals surface area contributed by atoms with Crippen LogP contribution in [0.25, 0.3) is 0 Å². The number of hydrogen-bond donors (Lipinski definition) is 3. The van der Waals surface area contributed by atoms with E-state index >= 15 is 0 Å². The summed E-state index contributed by atoms with van der Waals surface area (Å²) >= 11 is 0. The van der Waals surface area contributed by atoms with Gasteiger partial charge in [-0.25, -0.2) is 10.1 Å². The third kappa shape index (κ3) is 5.84. The molecule has 4 N–H and O–H groups in total. The van der Waals surface area contributed by atoms with E-state index < -0.39 is 12.0 Å². The summed E-state index contributed by atoms with van der Waals surface area (Å²) in [6.07, 6.45) is 2.01. The number of nitrogen functional groups attached to an aromatic ring is 1. The van der Waals surface area contributed by atoms with E-state index in [0.717, 1.165) is 5.56 Å². The van der Waals surface area contributed by atoms with E-state index in [1.165, 1.54) is 17.1 Å². The molecule has 3 aromatic carbocycles. The van der Waals surface area contributed by atoms with E-state index in [2.05, 4.69) is 15.6 Å². The van der Waals surface area contributed by atoms with E-state index in [-0.39, 0.29) is 17.9 Å². The average Bonchev–Trinajstić information content (AvgIpc) is 3.25. The molecule has 1 amide bonds. The molecule has 0 saturated heterocycles. The van der Waals surface area contributed by atoms with E-state index in [1.807, 2.05) is 60.7 Å². The van der Waals surface area contributed by atoms with Crippen LogP contribution in [0.5, 0.6) is 17.2 Å². The van der Waals surface area contributed by atoms with Gasteiger partial charge in [-0.15, -0.1) is 0 Å². The van der Waals surface area contributed by atoms with Gasteiger partial charge in [-0.3, -0.25) is 4.79 Å². The average molecular weight is 472 g/mol. The summed E-state index contributed by atoms with van der Waals surface area (Å²) in [6.45, 7) is 0.114. The second-order valence-corrected chi connectivity index (χ2v) is 7.58. The highest BCUT2D eigenvalue weighted by molar-refractivity contribution is 5.98. The zero-order chi connectivity index (χ0) is 24.6. The highest BCUT2D eigenvalue weighted by Crippen LogP contribution is 2.32. The maximum atomic E-state index is 12.6. The van der Waals surface area contributed by atoms with Crippen LogP contribution in [0.3, 0.4) is 0 Å². The summed E-state index contributed by atoms with van der Waals surface area (Å²) in [5.74, 6) is 1.35. The Morgan fingerprint density at radius 3 is 2.54 bits per heavy atom. The van der Waals surface area contributed by atoms with Gasteiger partial charge in [-0.2, -0.15) is 10.2 Å². The molecule has 0 aliphatic rings. The fourth-order valence-corrected chi connectivity index (χ4v) is 3.35. The highest BCUT2D eigenvalue weighted by Gasteiger charge is 2.17. The fraction of sp³-hybridized carbons (Fsp3) is 0.115. The second-order valence-electron chi connectivity index (χ2n) is 7.58. The molecule has 1 unspecified atom stereocenters. The molecule has 1 aromatic heterocycles. The van der Waals surface area contributed by atoms with Crippen LogP contribution in [-0.4, -0.2) is 34.1 Å². The van der Waals surface area contributed by atoms with Crippen molar-refractivity contribution < 1.29 is 19.4 Å². The number of hydrogen-bond acceptors (Lipinski definition) is 7. The van der Waals surface area contributed by atoms with E-state index in [1.54, 1.807) is 25.3 Å². The first-order valence-corrected chi connectivity index (χ1v) is 10.8. The Balaban J connectivity index is 1.41. The zero-order valence-electron chi connectivity index (χ0n) is 19.0. The minimum Gasteiger partial charge on any atom is -0.493 e. The lowest BCUT2D eigenvalue weighted by atomic mass is 10.1. The number of carbonyl (C=O) groups excluding carboxylic acids is 1. The Hall–Kier alpha value is -4.63. The van der Waals surface area contributed by atoms with Crippen molar-refractivity contribution in [1.29, 1.82) is 0 Å². The molecule has 0 saturated carbocycles. The number of aromatic nitrogens is 2. The number of rotatable bonds is 9. The van der Waals surface area contributed by atoms with Gasteiger partial charge in [-0.1, -0.05) is 48.5 Å². The molecule has 9 nitrogen and oxygen atoms in total. The molecular weight excluding hydrogens is 446 g/mol. The van der Waals surface area contributed by atoms with Gasteiger partial charge in [0.2, 0.25) is 0 Å². The SMILES string of the molecule is COc1ccc(/C=N/NC(=O)c2cnn(CC(O)c3ccccc3)c2N)cc1Oc1ccccc1. The molecule has 0 spiro atoms. The standard InChI is InChI=1S/C26H25N5O4/c1-34-23-13-12-18(14-24(23)35-20-10-6-3-7-11-20)15-28-30-26(33)21-16-29-31(25(21)27)17-22(32)19-8-4-2-5-9-19/h2-16,22,32H,17,27H2,1H3,(H,30,33)/b28-15+. The normalized spacial score (nSPS) is 11.8. The smallest absolute Gasteiger partial charge is 0.276 e. The molecule has 4 aromatic rings. The number of amides is 1. The first-order valence-electron chi connectivity index (χ1n) is 10.8. The molecule has 0 bridgehead atoms. The summed E-state index contributed by atoms with van der Waals surface area (Å²) in [7, 11) is 1.56. The topological polar surface area (TPSA) is 124 Å². The van der Waals surface area contributed by atoms with Gasteiger partial charge >= 0.3 is 0 Å². The number of carbonyl (C=O) groups is 1. The van der Waals surface area contributed by atoms with Gasteiger partial charge in [0.15, 0.2) is 11.5 Å². The van der Waals surface area contributed by atoms with Crippen LogP contribution in [0.1, 0.15) is 27.6 Å². The van der Waals surface area contributed by atoms with Crippen molar-refractivity contribution in [3.63, 3.8) is 0 Å². The molecule has 178 valence electrons. The number of benzene rings is 3. The quantitative estimate of drug-likeness (QED) is 0.252. The predicted molar refractivity (Wildman–Crippen MR) is 133 cm³/mol. The number of nitrogens with zero attached hydrogens (tertiary/aromatic N) is 3. The van der Waals surface area contributed by atoms with Gasteiger partial charge in [-0.05, 0) is 41.5 Å². The number of ether oxygens (including phenoxy) is 2. The molecule has 1 atom stereocenters. The Bertz CT molecular complexity index is 1310. The lowest BCUT2D eigenvalue weighted by molar-refractivity contribution is 0.0955. The summed E-state index contributed by atoms with van der Waals surface area (Å²) in [6, 6.07) is 23.8. The molecule has 1 heterocycles. The van der Waals surface area contributed by atoms with E-state index in [9.17, 15) is 9.90 Å². The fourth-order valence-electron chi connectivity index (χ4n) is 3.35. The highest BCUT2D eigenvalue weighted by atomic mass is 16.5. The third-order valence-corrected chi connectivity index (χ3v) is 5.19. The number of methoxy groups -OCH3 is 1. The first kappa shape index (κ1) is 23.5. The van der Waals surface area contributed by atoms with E-state index in [0.29, 0.717) is 22.8 Å². The van der Waals surface area contributed by atoms with Crippen LogP contribution in [0.15, 0.2) is 90.2 Å². The van der Waals surface area contributed by atoms with Crippen LogP contribution in [0.2, 0.25) is 0 Å². The molecule has 0 fully saturated rings. The minimum absolute atomic E-state index is 0.114. The van der Waals surface area contributed by atoms with Gasteiger partial charge in [0.05, 0.1) is 32.2 Å². The van der Waals surface area contributed by atoms with Crippen LogP contribution in [-0.2, 0) is 6.54 Å². The molecule has 9 heteroatoms. The summed E-state index contributed by atoms with van der Waals surface area (Å²) in [5.41, 5.74) is 10.1. The van der Waals surface area contributed by atoms with Crippen molar-refractivity contribution in [3.8, 4) is 17.2 Å². The lowest BCUT2D eigenvalue weighted by Crippen LogP contribution is -2.19. The summed E-state index contributed by atoms with van der Waals surface area (Å²) in [4.78, 5) is 12.6. The molecular formula is C26H25N5O4. The predicted octanol–water partition coefficient (Wildman–Crippen LogP) is 3.76. The van der Waals surface area contributed by atoms with Crippen molar-refractivity contribution in [3.05, 3.63) is 102 Å². The Kier molecular flexibility index (Phi) is 7.39. The van der Waals surface area contributed by atoms with Gasteiger partial charge < -0.3 is 20.3 Å². The number of nitrogens with two attached hydrogens (primary N) is 1.